The first-order chi connectivity index (χ1) is 7.73. The van der Waals surface area contributed by atoms with Gasteiger partial charge in [0.15, 0.2) is 5.60 Å². The van der Waals surface area contributed by atoms with Crippen LogP contribution < -0.4 is 0 Å². The van der Waals surface area contributed by atoms with Crippen LogP contribution in [0, 0.1) is 0 Å². The molecule has 0 saturated heterocycles. The van der Waals surface area contributed by atoms with Crippen LogP contribution >= 0.6 is 0 Å². The molecule has 0 atom stereocenters. The number of aliphatic hydroxyl groups is 2. The van der Waals surface area contributed by atoms with E-state index in [-0.39, 0.29) is 0 Å². The lowest BCUT2D eigenvalue weighted by Crippen LogP contribution is -2.34. The Hall–Kier alpha value is -1.39. The average molecular weight is 224 g/mol. The summed E-state index contributed by atoms with van der Waals surface area (Å²) in [6.07, 6.45) is 0. The zero-order valence-corrected chi connectivity index (χ0v) is 9.43. The van der Waals surface area contributed by atoms with Gasteiger partial charge in [0.25, 0.3) is 0 Å². The third-order valence-electron chi connectivity index (χ3n) is 2.44. The van der Waals surface area contributed by atoms with Crippen LogP contribution in [-0.2, 0) is 10.3 Å². The first-order valence-corrected chi connectivity index (χ1v) is 5.28. The first-order valence-electron chi connectivity index (χ1n) is 5.28. The van der Waals surface area contributed by atoms with Crippen molar-refractivity contribution in [2.75, 3.05) is 13.2 Å². The first kappa shape index (κ1) is 12.7. The standard InChI is InChI=1S/C10H10O4.C2H6/c11-5-10(6-12)8-4-2-1-3-7(8)9(13)14-10;1-2/h1-4,11-12H,5-6H2;1-2H3. The second-order valence-electron chi connectivity index (χ2n) is 3.25. The van der Waals surface area contributed by atoms with Crippen LogP contribution in [0.4, 0.5) is 0 Å². The maximum absolute atomic E-state index is 11.4. The zero-order chi connectivity index (χ0) is 12.2. The fourth-order valence-electron chi connectivity index (χ4n) is 1.63. The molecule has 4 heteroatoms. The van der Waals surface area contributed by atoms with E-state index in [2.05, 4.69) is 0 Å². The number of fused-ring (bicyclic) bond motifs is 1. The van der Waals surface area contributed by atoms with E-state index in [0.717, 1.165) is 0 Å². The van der Waals surface area contributed by atoms with Crippen LogP contribution in [0.25, 0.3) is 0 Å². The molecule has 1 heterocycles. The lowest BCUT2D eigenvalue weighted by atomic mass is 9.94. The quantitative estimate of drug-likeness (QED) is 0.737. The number of aliphatic hydroxyl groups excluding tert-OH is 2. The third-order valence-corrected chi connectivity index (χ3v) is 2.44. The molecule has 0 aromatic heterocycles. The molecule has 0 spiro atoms. The Balaban J connectivity index is 0.000000606. The van der Waals surface area contributed by atoms with Gasteiger partial charge in [-0.25, -0.2) is 4.79 Å². The normalized spacial score (nSPS) is 15.9. The summed E-state index contributed by atoms with van der Waals surface area (Å²) >= 11 is 0. The number of hydrogen-bond donors (Lipinski definition) is 2. The summed E-state index contributed by atoms with van der Waals surface area (Å²) in [5.74, 6) is -0.497. The molecule has 88 valence electrons. The minimum Gasteiger partial charge on any atom is -0.446 e. The van der Waals surface area contributed by atoms with Gasteiger partial charge < -0.3 is 14.9 Å². The van der Waals surface area contributed by atoms with Crippen LogP contribution in [0.15, 0.2) is 24.3 Å². The van der Waals surface area contributed by atoms with E-state index in [9.17, 15) is 4.79 Å². The summed E-state index contributed by atoms with van der Waals surface area (Å²) in [7, 11) is 0. The number of rotatable bonds is 2. The topological polar surface area (TPSA) is 66.8 Å². The molecule has 16 heavy (non-hydrogen) atoms. The van der Waals surface area contributed by atoms with Gasteiger partial charge in [-0.2, -0.15) is 0 Å². The highest BCUT2D eigenvalue weighted by molar-refractivity contribution is 5.94. The minimum atomic E-state index is -1.26. The number of carbonyl (C=O) groups is 1. The highest BCUT2D eigenvalue weighted by Gasteiger charge is 2.44. The Kier molecular flexibility index (Phi) is 4.04. The summed E-state index contributed by atoms with van der Waals surface area (Å²) in [5, 5.41) is 18.3. The summed E-state index contributed by atoms with van der Waals surface area (Å²) < 4.78 is 4.98. The van der Waals surface area contributed by atoms with E-state index in [4.69, 9.17) is 14.9 Å². The van der Waals surface area contributed by atoms with Crippen molar-refractivity contribution in [1.29, 1.82) is 0 Å². The predicted octanol–water partition coefficient (Wildman–Crippen LogP) is 1.06. The maximum atomic E-state index is 11.4. The van der Waals surface area contributed by atoms with Crippen molar-refractivity contribution in [3.05, 3.63) is 35.4 Å². The molecular weight excluding hydrogens is 208 g/mol. The van der Waals surface area contributed by atoms with Crippen molar-refractivity contribution in [2.45, 2.75) is 19.4 Å². The fraction of sp³-hybridized carbons (Fsp3) is 0.417. The van der Waals surface area contributed by atoms with Gasteiger partial charge in [-0.1, -0.05) is 32.0 Å². The Labute approximate surface area is 94.5 Å². The smallest absolute Gasteiger partial charge is 0.339 e. The summed E-state index contributed by atoms with van der Waals surface area (Å²) in [6.45, 7) is 3.18. The molecule has 2 N–H and O–H groups in total. The Morgan fingerprint density at radius 3 is 2.31 bits per heavy atom. The second kappa shape index (κ2) is 5.09. The lowest BCUT2D eigenvalue weighted by Gasteiger charge is -2.23. The molecule has 1 aromatic rings. The molecule has 0 unspecified atom stereocenters. The van der Waals surface area contributed by atoms with E-state index in [0.29, 0.717) is 11.1 Å². The second-order valence-corrected chi connectivity index (χ2v) is 3.25. The Morgan fingerprint density at radius 1 is 1.19 bits per heavy atom. The number of benzene rings is 1. The van der Waals surface area contributed by atoms with Crippen molar-refractivity contribution >= 4 is 5.97 Å². The Bertz CT molecular complexity index is 369. The molecule has 1 aromatic carbocycles. The SMILES string of the molecule is CC.O=C1OC(CO)(CO)c2ccccc21. The number of carbonyl (C=O) groups excluding carboxylic acids is 1. The molecule has 2 rings (SSSR count). The molecule has 0 radical (unpaired) electrons. The van der Waals surface area contributed by atoms with E-state index >= 15 is 0 Å². The van der Waals surface area contributed by atoms with Crippen molar-refractivity contribution in [2.24, 2.45) is 0 Å². The summed E-state index contributed by atoms with van der Waals surface area (Å²) in [6, 6.07) is 6.74. The van der Waals surface area contributed by atoms with E-state index < -0.39 is 24.8 Å². The molecule has 1 aliphatic rings. The molecule has 0 fully saturated rings. The van der Waals surface area contributed by atoms with E-state index in [1.807, 2.05) is 13.8 Å². The lowest BCUT2D eigenvalue weighted by molar-refractivity contribution is -0.0680. The highest BCUT2D eigenvalue weighted by atomic mass is 16.6. The molecule has 0 aliphatic carbocycles. The van der Waals surface area contributed by atoms with E-state index in [1.165, 1.54) is 0 Å². The molecule has 0 saturated carbocycles. The molecule has 0 amide bonds. The van der Waals surface area contributed by atoms with Gasteiger partial charge in [0.05, 0.1) is 18.8 Å². The summed E-state index contributed by atoms with van der Waals surface area (Å²) in [4.78, 5) is 11.4. The molecular formula is C12H16O4. The van der Waals surface area contributed by atoms with Gasteiger partial charge in [-0.15, -0.1) is 0 Å². The van der Waals surface area contributed by atoms with Crippen LogP contribution in [0.1, 0.15) is 29.8 Å². The largest absolute Gasteiger partial charge is 0.446 e. The van der Waals surface area contributed by atoms with Crippen LogP contribution in [0.3, 0.4) is 0 Å². The zero-order valence-electron chi connectivity index (χ0n) is 9.43. The molecule has 4 nitrogen and oxygen atoms in total. The highest BCUT2D eigenvalue weighted by Crippen LogP contribution is 2.35. The van der Waals surface area contributed by atoms with Crippen molar-refractivity contribution in [3.8, 4) is 0 Å². The van der Waals surface area contributed by atoms with Crippen molar-refractivity contribution < 1.29 is 19.7 Å². The Morgan fingerprint density at radius 2 is 1.75 bits per heavy atom. The van der Waals surface area contributed by atoms with Gasteiger partial charge in [-0.05, 0) is 6.07 Å². The average Bonchev–Trinajstić information content (AvgIpc) is 2.66. The molecule has 1 aliphatic heterocycles. The van der Waals surface area contributed by atoms with Crippen molar-refractivity contribution in [3.63, 3.8) is 0 Å². The number of ether oxygens (including phenoxy) is 1. The predicted molar refractivity (Wildman–Crippen MR) is 59.1 cm³/mol. The fourth-order valence-corrected chi connectivity index (χ4v) is 1.63. The van der Waals surface area contributed by atoms with Gasteiger partial charge in [0.2, 0.25) is 0 Å². The number of esters is 1. The minimum absolute atomic E-state index is 0.410. The number of hydrogen-bond acceptors (Lipinski definition) is 4. The van der Waals surface area contributed by atoms with Crippen molar-refractivity contribution in [1.82, 2.24) is 0 Å². The van der Waals surface area contributed by atoms with Crippen LogP contribution in [-0.4, -0.2) is 29.4 Å². The van der Waals surface area contributed by atoms with Crippen LogP contribution in [0.2, 0.25) is 0 Å². The monoisotopic (exact) mass is 224 g/mol. The van der Waals surface area contributed by atoms with Gasteiger partial charge >= 0.3 is 5.97 Å². The third kappa shape index (κ3) is 1.81. The molecule has 0 bridgehead atoms. The van der Waals surface area contributed by atoms with Gasteiger partial charge in [-0.3, -0.25) is 0 Å². The number of cyclic esters (lactones) is 1. The van der Waals surface area contributed by atoms with Gasteiger partial charge in [0.1, 0.15) is 0 Å². The van der Waals surface area contributed by atoms with Gasteiger partial charge in [0, 0.05) is 5.56 Å². The van der Waals surface area contributed by atoms with E-state index in [1.54, 1.807) is 24.3 Å². The van der Waals surface area contributed by atoms with Crippen LogP contribution in [0.5, 0.6) is 0 Å². The summed E-state index contributed by atoms with van der Waals surface area (Å²) in [5.41, 5.74) is -0.293. The maximum Gasteiger partial charge on any atom is 0.339 e.